The highest BCUT2D eigenvalue weighted by molar-refractivity contribution is 5.96. The van der Waals surface area contributed by atoms with Gasteiger partial charge in [-0.1, -0.05) is 0 Å². The standard InChI is InChI=1S/C15H17N3O7/c1-9-12(17(21)22)6-11(7-13(9)18(23)24)14(19)16-5-3-4-10(8-16)15(20)25-2/h6-7,10H,3-5,8H2,1-2H3. The van der Waals surface area contributed by atoms with Crippen LogP contribution in [0.25, 0.3) is 0 Å². The molecule has 0 spiro atoms. The first-order valence-electron chi connectivity index (χ1n) is 7.56. The van der Waals surface area contributed by atoms with Crippen molar-refractivity contribution in [1.82, 2.24) is 4.90 Å². The lowest BCUT2D eigenvalue weighted by atomic mass is 9.97. The summed E-state index contributed by atoms with van der Waals surface area (Å²) < 4.78 is 4.68. The number of methoxy groups -OCH3 is 1. The summed E-state index contributed by atoms with van der Waals surface area (Å²) in [6.07, 6.45) is 1.15. The lowest BCUT2D eigenvalue weighted by Crippen LogP contribution is -2.42. The third kappa shape index (κ3) is 3.73. The normalized spacial score (nSPS) is 17.0. The zero-order valence-corrected chi connectivity index (χ0v) is 13.8. The highest BCUT2D eigenvalue weighted by Crippen LogP contribution is 2.30. The summed E-state index contributed by atoms with van der Waals surface area (Å²) in [4.78, 5) is 46.4. The monoisotopic (exact) mass is 351 g/mol. The number of likely N-dealkylation sites (tertiary alicyclic amines) is 1. The molecule has 10 nitrogen and oxygen atoms in total. The van der Waals surface area contributed by atoms with Crippen molar-refractivity contribution in [3.63, 3.8) is 0 Å². The second-order valence-corrected chi connectivity index (χ2v) is 5.77. The Balaban J connectivity index is 2.37. The van der Waals surface area contributed by atoms with Crippen LogP contribution in [0.15, 0.2) is 12.1 Å². The summed E-state index contributed by atoms with van der Waals surface area (Å²) in [5.74, 6) is -1.49. The number of carbonyl (C=O) groups excluding carboxylic acids is 2. The van der Waals surface area contributed by atoms with Crippen molar-refractivity contribution in [2.75, 3.05) is 20.2 Å². The predicted molar refractivity (Wildman–Crippen MR) is 85.1 cm³/mol. The second kappa shape index (κ2) is 7.24. The van der Waals surface area contributed by atoms with E-state index >= 15 is 0 Å². The maximum Gasteiger partial charge on any atom is 0.310 e. The van der Waals surface area contributed by atoms with Gasteiger partial charge in [0.15, 0.2) is 0 Å². The van der Waals surface area contributed by atoms with Gasteiger partial charge in [-0.3, -0.25) is 29.8 Å². The molecule has 0 aliphatic carbocycles. The van der Waals surface area contributed by atoms with Crippen LogP contribution < -0.4 is 0 Å². The van der Waals surface area contributed by atoms with Gasteiger partial charge in [-0.2, -0.15) is 0 Å². The Morgan fingerprint density at radius 2 is 1.76 bits per heavy atom. The van der Waals surface area contributed by atoms with Crippen LogP contribution in [0.4, 0.5) is 11.4 Å². The molecule has 1 saturated heterocycles. The summed E-state index contributed by atoms with van der Waals surface area (Å²) in [6, 6.07) is 2.07. The molecule has 0 bridgehead atoms. The molecule has 10 heteroatoms. The number of nitro groups is 2. The molecule has 1 fully saturated rings. The minimum atomic E-state index is -0.757. The van der Waals surface area contributed by atoms with E-state index < -0.39 is 39.0 Å². The number of nitrogens with zero attached hydrogens (tertiary/aromatic N) is 3. The minimum absolute atomic E-state index is 0.112. The summed E-state index contributed by atoms with van der Waals surface area (Å²) in [5, 5.41) is 22.2. The fourth-order valence-electron chi connectivity index (χ4n) is 2.89. The summed E-state index contributed by atoms with van der Waals surface area (Å²) in [6.45, 7) is 1.74. The maximum atomic E-state index is 12.6. The number of hydrogen-bond donors (Lipinski definition) is 0. The molecule has 1 heterocycles. The van der Waals surface area contributed by atoms with Gasteiger partial charge in [-0.15, -0.1) is 0 Å². The van der Waals surface area contributed by atoms with Crippen molar-refractivity contribution < 1.29 is 24.2 Å². The molecule has 134 valence electrons. The summed E-state index contributed by atoms with van der Waals surface area (Å²) in [5.41, 5.74) is -1.23. The van der Waals surface area contributed by atoms with E-state index in [4.69, 9.17) is 0 Å². The molecule has 1 aromatic carbocycles. The third-order valence-electron chi connectivity index (χ3n) is 4.24. The molecule has 1 aromatic rings. The van der Waals surface area contributed by atoms with Crippen LogP contribution in [0, 0.1) is 33.1 Å². The zero-order chi connectivity index (χ0) is 18.7. The zero-order valence-electron chi connectivity index (χ0n) is 13.8. The molecular weight excluding hydrogens is 334 g/mol. The molecule has 1 aliphatic heterocycles. The van der Waals surface area contributed by atoms with E-state index in [1.807, 2.05) is 0 Å². The second-order valence-electron chi connectivity index (χ2n) is 5.77. The van der Waals surface area contributed by atoms with Crippen molar-refractivity contribution in [3.8, 4) is 0 Å². The van der Waals surface area contributed by atoms with Crippen LogP contribution >= 0.6 is 0 Å². The molecular formula is C15H17N3O7. The van der Waals surface area contributed by atoms with Crippen molar-refractivity contribution in [2.45, 2.75) is 19.8 Å². The van der Waals surface area contributed by atoms with Crippen LogP contribution in [0.1, 0.15) is 28.8 Å². The Labute approximate surface area is 142 Å². The number of benzene rings is 1. The highest BCUT2D eigenvalue weighted by atomic mass is 16.6. The molecule has 25 heavy (non-hydrogen) atoms. The number of rotatable bonds is 4. The van der Waals surface area contributed by atoms with Crippen LogP contribution in [0.3, 0.4) is 0 Å². The Morgan fingerprint density at radius 1 is 1.20 bits per heavy atom. The van der Waals surface area contributed by atoms with E-state index in [0.717, 1.165) is 12.1 Å². The number of esters is 1. The van der Waals surface area contributed by atoms with Crippen molar-refractivity contribution in [1.29, 1.82) is 0 Å². The lowest BCUT2D eigenvalue weighted by molar-refractivity contribution is -0.395. The summed E-state index contributed by atoms with van der Waals surface area (Å²) >= 11 is 0. The van der Waals surface area contributed by atoms with Crippen molar-refractivity contribution in [2.24, 2.45) is 5.92 Å². The van der Waals surface area contributed by atoms with Gasteiger partial charge in [0.05, 0.1) is 28.4 Å². The molecule has 0 N–H and O–H groups in total. The number of ether oxygens (including phenoxy) is 1. The first-order chi connectivity index (χ1) is 11.8. The average Bonchev–Trinajstić information content (AvgIpc) is 2.60. The van der Waals surface area contributed by atoms with E-state index in [1.165, 1.54) is 18.9 Å². The molecule has 2 rings (SSSR count). The van der Waals surface area contributed by atoms with Crippen LogP contribution in [-0.2, 0) is 9.53 Å². The van der Waals surface area contributed by atoms with Crippen molar-refractivity contribution >= 4 is 23.3 Å². The smallest absolute Gasteiger partial charge is 0.310 e. The minimum Gasteiger partial charge on any atom is -0.469 e. The number of amides is 1. The van der Waals surface area contributed by atoms with Crippen LogP contribution in [0.5, 0.6) is 0 Å². The molecule has 1 unspecified atom stereocenters. The molecule has 1 atom stereocenters. The molecule has 1 amide bonds. The fourth-order valence-corrected chi connectivity index (χ4v) is 2.89. The Hall–Kier alpha value is -3.04. The van der Waals surface area contributed by atoms with Crippen molar-refractivity contribution in [3.05, 3.63) is 43.5 Å². The van der Waals surface area contributed by atoms with Gasteiger partial charge >= 0.3 is 5.97 Å². The van der Waals surface area contributed by atoms with Gasteiger partial charge in [0.25, 0.3) is 17.3 Å². The van der Waals surface area contributed by atoms with E-state index in [-0.39, 0.29) is 17.7 Å². The predicted octanol–water partition coefficient (Wildman–Crippen LogP) is 1.84. The van der Waals surface area contributed by atoms with Gasteiger partial charge in [0.1, 0.15) is 5.56 Å². The maximum absolute atomic E-state index is 12.6. The van der Waals surface area contributed by atoms with E-state index in [1.54, 1.807) is 0 Å². The van der Waals surface area contributed by atoms with Gasteiger partial charge < -0.3 is 9.64 Å². The Kier molecular flexibility index (Phi) is 5.30. The SMILES string of the molecule is COC(=O)C1CCCN(C(=O)c2cc([N+](=O)[O-])c(C)c([N+](=O)[O-])c2)C1. The first-order valence-corrected chi connectivity index (χ1v) is 7.56. The number of carbonyl (C=O) groups is 2. The number of nitro benzene ring substituents is 2. The molecule has 0 radical (unpaired) electrons. The number of hydrogen-bond acceptors (Lipinski definition) is 7. The summed E-state index contributed by atoms with van der Waals surface area (Å²) in [7, 11) is 1.26. The Morgan fingerprint density at radius 3 is 2.24 bits per heavy atom. The topological polar surface area (TPSA) is 133 Å². The largest absolute Gasteiger partial charge is 0.469 e. The van der Waals surface area contributed by atoms with Crippen LogP contribution in [-0.4, -0.2) is 46.8 Å². The molecule has 0 aromatic heterocycles. The fraction of sp³-hybridized carbons (Fsp3) is 0.467. The van der Waals surface area contributed by atoms with Gasteiger partial charge in [0.2, 0.25) is 0 Å². The van der Waals surface area contributed by atoms with Gasteiger partial charge in [-0.05, 0) is 19.8 Å². The third-order valence-corrected chi connectivity index (χ3v) is 4.24. The lowest BCUT2D eigenvalue weighted by Gasteiger charge is -2.31. The van der Waals surface area contributed by atoms with Gasteiger partial charge in [0, 0.05) is 25.2 Å². The van der Waals surface area contributed by atoms with Crippen LogP contribution in [0.2, 0.25) is 0 Å². The molecule has 1 aliphatic rings. The highest BCUT2D eigenvalue weighted by Gasteiger charge is 2.32. The van der Waals surface area contributed by atoms with E-state index in [0.29, 0.717) is 19.4 Å². The number of piperidine rings is 1. The van der Waals surface area contributed by atoms with Gasteiger partial charge in [-0.25, -0.2) is 0 Å². The first kappa shape index (κ1) is 18.3. The average molecular weight is 351 g/mol. The quantitative estimate of drug-likeness (QED) is 0.459. The molecule has 0 saturated carbocycles. The van der Waals surface area contributed by atoms with E-state index in [2.05, 4.69) is 4.74 Å². The van der Waals surface area contributed by atoms with E-state index in [9.17, 15) is 29.8 Å². The Bertz CT molecular complexity index is 712.